The number of anilines is 2. The van der Waals surface area contributed by atoms with Crippen molar-refractivity contribution in [1.82, 2.24) is 9.88 Å². The first-order chi connectivity index (χ1) is 14.3. The van der Waals surface area contributed by atoms with Gasteiger partial charge in [-0.25, -0.2) is 4.98 Å². The van der Waals surface area contributed by atoms with E-state index in [4.69, 9.17) is 11.6 Å². The van der Waals surface area contributed by atoms with Gasteiger partial charge in [0.25, 0.3) is 5.69 Å². The number of piperidine rings is 1. The number of amides is 2. The van der Waals surface area contributed by atoms with Crippen LogP contribution in [0.3, 0.4) is 0 Å². The number of likely N-dealkylation sites (tertiary alicyclic amines) is 1. The van der Waals surface area contributed by atoms with E-state index in [1.807, 2.05) is 24.0 Å². The lowest BCUT2D eigenvalue weighted by Gasteiger charge is -2.30. The molecule has 0 radical (unpaired) electrons. The molecule has 1 saturated heterocycles. The van der Waals surface area contributed by atoms with Crippen LogP contribution in [0.25, 0.3) is 0 Å². The Kier molecular flexibility index (Phi) is 6.96. The second kappa shape index (κ2) is 9.64. The minimum atomic E-state index is -0.549. The zero-order valence-electron chi connectivity index (χ0n) is 16.4. The molecule has 1 aromatic heterocycles. The summed E-state index contributed by atoms with van der Waals surface area (Å²) in [7, 11) is 0. The molecule has 2 heterocycles. The molecule has 158 valence electrons. The van der Waals surface area contributed by atoms with E-state index in [2.05, 4.69) is 15.6 Å². The van der Waals surface area contributed by atoms with Crippen molar-refractivity contribution in [3.05, 3.63) is 57.2 Å². The normalized spacial score (nSPS) is 14.9. The van der Waals surface area contributed by atoms with Gasteiger partial charge in [-0.1, -0.05) is 11.6 Å². The first kappa shape index (κ1) is 21.7. The monoisotopic (exact) mass is 431 g/mol. The van der Waals surface area contributed by atoms with Gasteiger partial charge >= 0.3 is 0 Å². The number of halogens is 1. The van der Waals surface area contributed by atoms with Crippen molar-refractivity contribution in [2.75, 3.05) is 30.3 Å². The van der Waals surface area contributed by atoms with Crippen LogP contribution in [0.5, 0.6) is 0 Å². The van der Waals surface area contributed by atoms with Crippen molar-refractivity contribution in [2.24, 2.45) is 5.92 Å². The summed E-state index contributed by atoms with van der Waals surface area (Å²) in [4.78, 5) is 41.1. The molecule has 1 aliphatic rings. The number of hydrogen-bond donors (Lipinski definition) is 2. The van der Waals surface area contributed by atoms with Crippen molar-refractivity contribution in [2.45, 2.75) is 19.8 Å². The lowest BCUT2D eigenvalue weighted by atomic mass is 9.96. The minimum absolute atomic E-state index is 0.0603. The summed E-state index contributed by atoms with van der Waals surface area (Å²) in [5.41, 5.74) is 1.21. The predicted octanol–water partition coefficient (Wildman–Crippen LogP) is 3.24. The second-order valence-corrected chi connectivity index (χ2v) is 7.63. The molecule has 1 fully saturated rings. The Balaban J connectivity index is 1.46. The molecule has 0 bridgehead atoms. The number of aryl methyl sites for hydroxylation is 1. The Bertz CT molecular complexity index is 960. The Morgan fingerprint density at radius 3 is 2.60 bits per heavy atom. The summed E-state index contributed by atoms with van der Waals surface area (Å²) in [5, 5.41) is 16.4. The number of pyridine rings is 1. The maximum atomic E-state index is 12.5. The quantitative estimate of drug-likeness (QED) is 0.535. The van der Waals surface area contributed by atoms with Gasteiger partial charge in [-0.2, -0.15) is 0 Å². The number of nitrogens with zero attached hydrogens (tertiary/aromatic N) is 3. The number of carbonyl (C=O) groups is 2. The Morgan fingerprint density at radius 2 is 1.97 bits per heavy atom. The van der Waals surface area contributed by atoms with Gasteiger partial charge in [0.1, 0.15) is 5.82 Å². The van der Waals surface area contributed by atoms with E-state index in [0.717, 1.165) is 5.56 Å². The van der Waals surface area contributed by atoms with Crippen LogP contribution < -0.4 is 10.6 Å². The molecule has 2 N–H and O–H groups in total. The fraction of sp³-hybridized carbons (Fsp3) is 0.350. The summed E-state index contributed by atoms with van der Waals surface area (Å²) in [6, 6.07) is 7.58. The average molecular weight is 432 g/mol. The van der Waals surface area contributed by atoms with Crippen LogP contribution in [-0.2, 0) is 9.59 Å². The zero-order valence-corrected chi connectivity index (χ0v) is 17.2. The molecule has 0 saturated carbocycles. The number of benzene rings is 1. The highest BCUT2D eigenvalue weighted by Gasteiger charge is 2.26. The highest BCUT2D eigenvalue weighted by Crippen LogP contribution is 2.27. The van der Waals surface area contributed by atoms with Crippen molar-refractivity contribution in [3.63, 3.8) is 0 Å². The molecule has 3 rings (SSSR count). The van der Waals surface area contributed by atoms with Crippen LogP contribution in [0, 0.1) is 23.0 Å². The first-order valence-electron chi connectivity index (χ1n) is 9.51. The van der Waals surface area contributed by atoms with Crippen LogP contribution in [0.15, 0.2) is 36.5 Å². The van der Waals surface area contributed by atoms with Crippen LogP contribution in [-0.4, -0.2) is 46.3 Å². The Labute approximate surface area is 178 Å². The maximum Gasteiger partial charge on any atom is 0.271 e. The van der Waals surface area contributed by atoms with Crippen molar-refractivity contribution in [3.8, 4) is 0 Å². The number of hydrogen-bond acceptors (Lipinski definition) is 6. The van der Waals surface area contributed by atoms with Gasteiger partial charge in [0.2, 0.25) is 11.8 Å². The van der Waals surface area contributed by atoms with Gasteiger partial charge in [0.15, 0.2) is 0 Å². The summed E-state index contributed by atoms with van der Waals surface area (Å²) < 4.78 is 0. The SMILES string of the molecule is Cc1ccnc(NC(=O)C2CCN(CC(=O)Nc3ccc([N+](=O)[O-])cc3Cl)CC2)c1. The molecule has 0 atom stereocenters. The number of aromatic nitrogens is 1. The smallest absolute Gasteiger partial charge is 0.271 e. The third-order valence-electron chi connectivity index (χ3n) is 4.93. The van der Waals surface area contributed by atoms with E-state index in [0.29, 0.717) is 37.4 Å². The number of non-ortho nitro benzene ring substituents is 1. The van der Waals surface area contributed by atoms with Crippen LogP contribution >= 0.6 is 11.6 Å². The molecule has 9 nitrogen and oxygen atoms in total. The molecule has 2 amide bonds. The largest absolute Gasteiger partial charge is 0.324 e. The topological polar surface area (TPSA) is 117 Å². The minimum Gasteiger partial charge on any atom is -0.324 e. The summed E-state index contributed by atoms with van der Waals surface area (Å²) in [6.45, 7) is 3.31. The second-order valence-electron chi connectivity index (χ2n) is 7.23. The summed E-state index contributed by atoms with van der Waals surface area (Å²) >= 11 is 6.01. The fourth-order valence-electron chi connectivity index (χ4n) is 3.30. The van der Waals surface area contributed by atoms with Crippen molar-refractivity contribution in [1.29, 1.82) is 0 Å². The molecule has 30 heavy (non-hydrogen) atoms. The van der Waals surface area contributed by atoms with E-state index in [9.17, 15) is 19.7 Å². The molecule has 2 aromatic rings. The Morgan fingerprint density at radius 1 is 1.23 bits per heavy atom. The van der Waals surface area contributed by atoms with E-state index in [-0.39, 0.29) is 35.0 Å². The molecule has 1 aromatic carbocycles. The lowest BCUT2D eigenvalue weighted by Crippen LogP contribution is -2.41. The standard InChI is InChI=1S/C20H22ClN5O4/c1-13-4-7-22-18(10-13)24-20(28)14-5-8-25(9-6-14)12-19(27)23-17-3-2-15(26(29)30)11-16(17)21/h2-4,7,10-11,14H,5-6,8-9,12H2,1H3,(H,23,27)(H,22,24,28). The third kappa shape index (κ3) is 5.74. The van der Waals surface area contributed by atoms with Crippen LogP contribution in [0.2, 0.25) is 5.02 Å². The molecule has 0 aliphatic carbocycles. The van der Waals surface area contributed by atoms with E-state index < -0.39 is 4.92 Å². The average Bonchev–Trinajstić information content (AvgIpc) is 2.70. The highest BCUT2D eigenvalue weighted by atomic mass is 35.5. The van der Waals surface area contributed by atoms with Crippen LogP contribution in [0.1, 0.15) is 18.4 Å². The Hall–Kier alpha value is -3.04. The van der Waals surface area contributed by atoms with E-state index in [1.54, 1.807) is 6.20 Å². The van der Waals surface area contributed by atoms with Gasteiger partial charge < -0.3 is 10.6 Å². The lowest BCUT2D eigenvalue weighted by molar-refractivity contribution is -0.384. The molecular weight excluding hydrogens is 410 g/mol. The molecule has 0 unspecified atom stereocenters. The molecular formula is C20H22ClN5O4. The van der Waals surface area contributed by atoms with Crippen molar-refractivity contribution >= 4 is 40.6 Å². The zero-order chi connectivity index (χ0) is 21.7. The first-order valence-corrected chi connectivity index (χ1v) is 9.89. The van der Waals surface area contributed by atoms with Gasteiger partial charge in [-0.3, -0.25) is 24.6 Å². The number of carbonyl (C=O) groups excluding carboxylic acids is 2. The number of nitro benzene ring substituents is 1. The third-order valence-corrected chi connectivity index (χ3v) is 5.24. The van der Waals surface area contributed by atoms with E-state index >= 15 is 0 Å². The van der Waals surface area contributed by atoms with Gasteiger partial charge in [-0.05, 0) is 56.6 Å². The number of nitrogens with one attached hydrogen (secondary N) is 2. The summed E-state index contributed by atoms with van der Waals surface area (Å²) in [6.07, 6.45) is 2.94. The predicted molar refractivity (Wildman–Crippen MR) is 114 cm³/mol. The van der Waals surface area contributed by atoms with Crippen molar-refractivity contribution < 1.29 is 14.5 Å². The van der Waals surface area contributed by atoms with Crippen LogP contribution in [0.4, 0.5) is 17.2 Å². The molecule has 10 heteroatoms. The molecule has 0 spiro atoms. The molecule has 1 aliphatic heterocycles. The van der Waals surface area contributed by atoms with E-state index in [1.165, 1.54) is 18.2 Å². The summed E-state index contributed by atoms with van der Waals surface area (Å²) in [5.74, 6) is 0.0880. The number of nitro groups is 1. The van der Waals surface area contributed by atoms with Gasteiger partial charge in [-0.15, -0.1) is 0 Å². The number of rotatable bonds is 6. The highest BCUT2D eigenvalue weighted by molar-refractivity contribution is 6.34. The maximum absolute atomic E-state index is 12.5. The fourth-order valence-corrected chi connectivity index (χ4v) is 3.52. The van der Waals surface area contributed by atoms with Gasteiger partial charge in [0.05, 0.1) is 22.2 Å². The van der Waals surface area contributed by atoms with Gasteiger partial charge in [0, 0.05) is 24.2 Å².